The Hall–Kier alpha value is -3.20. The van der Waals surface area contributed by atoms with Crippen LogP contribution >= 0.6 is 0 Å². The SMILES string of the molecule is CCOc1cc(N=C=O)ccc1-c1ccc(N=C=O)cc1OCC. The van der Waals surface area contributed by atoms with Gasteiger partial charge in [-0.2, -0.15) is 9.98 Å². The van der Waals surface area contributed by atoms with E-state index in [4.69, 9.17) is 9.47 Å². The highest BCUT2D eigenvalue weighted by molar-refractivity contribution is 5.79. The summed E-state index contributed by atoms with van der Waals surface area (Å²) in [6, 6.07) is 10.3. The maximum Gasteiger partial charge on any atom is 0.240 e. The second kappa shape index (κ2) is 8.44. The van der Waals surface area contributed by atoms with Crippen molar-refractivity contribution in [2.24, 2.45) is 9.98 Å². The van der Waals surface area contributed by atoms with E-state index in [-0.39, 0.29) is 0 Å². The smallest absolute Gasteiger partial charge is 0.240 e. The topological polar surface area (TPSA) is 77.3 Å². The van der Waals surface area contributed by atoms with Crippen LogP contribution in [0.2, 0.25) is 0 Å². The summed E-state index contributed by atoms with van der Waals surface area (Å²) in [5.74, 6) is 1.14. The fourth-order valence-corrected chi connectivity index (χ4v) is 2.26. The summed E-state index contributed by atoms with van der Waals surface area (Å²) >= 11 is 0. The van der Waals surface area contributed by atoms with Gasteiger partial charge in [-0.1, -0.05) is 0 Å². The fraction of sp³-hybridized carbons (Fsp3) is 0.222. The van der Waals surface area contributed by atoms with Gasteiger partial charge in [0.15, 0.2) is 0 Å². The van der Waals surface area contributed by atoms with E-state index < -0.39 is 0 Å². The Balaban J connectivity index is 2.60. The standard InChI is InChI=1S/C18H16N2O4/c1-3-23-17-9-13(19-11-21)5-7-15(17)16-8-6-14(20-12-22)10-18(16)24-4-2/h5-10H,3-4H2,1-2H3. The van der Waals surface area contributed by atoms with E-state index in [1.165, 1.54) is 12.2 Å². The van der Waals surface area contributed by atoms with Crippen LogP contribution in [0.15, 0.2) is 46.4 Å². The van der Waals surface area contributed by atoms with E-state index in [9.17, 15) is 9.59 Å². The molecule has 6 heteroatoms. The number of isocyanates is 2. The Morgan fingerprint density at radius 3 is 1.54 bits per heavy atom. The molecule has 0 bridgehead atoms. The third-order valence-electron chi connectivity index (χ3n) is 3.17. The van der Waals surface area contributed by atoms with E-state index in [1.54, 1.807) is 36.4 Å². The van der Waals surface area contributed by atoms with Crippen molar-refractivity contribution in [2.75, 3.05) is 13.2 Å². The van der Waals surface area contributed by atoms with Crippen molar-refractivity contribution in [1.82, 2.24) is 0 Å². The number of benzene rings is 2. The Kier molecular flexibility index (Phi) is 6.03. The third kappa shape index (κ3) is 3.96. The van der Waals surface area contributed by atoms with Crippen LogP contribution in [0.5, 0.6) is 11.5 Å². The highest BCUT2D eigenvalue weighted by atomic mass is 16.5. The summed E-state index contributed by atoms with van der Waals surface area (Å²) in [7, 11) is 0. The van der Waals surface area contributed by atoms with Crippen molar-refractivity contribution in [3.8, 4) is 22.6 Å². The van der Waals surface area contributed by atoms with Crippen molar-refractivity contribution in [2.45, 2.75) is 13.8 Å². The lowest BCUT2D eigenvalue weighted by Gasteiger charge is -2.15. The number of hydrogen-bond acceptors (Lipinski definition) is 6. The molecule has 0 fully saturated rings. The second-order valence-electron chi connectivity index (χ2n) is 4.63. The molecule has 0 aromatic heterocycles. The normalized spacial score (nSPS) is 9.58. The highest BCUT2D eigenvalue weighted by Gasteiger charge is 2.13. The van der Waals surface area contributed by atoms with Gasteiger partial charge >= 0.3 is 0 Å². The van der Waals surface area contributed by atoms with Gasteiger partial charge in [0.05, 0.1) is 24.6 Å². The van der Waals surface area contributed by atoms with Crippen LogP contribution in [0.25, 0.3) is 11.1 Å². The largest absolute Gasteiger partial charge is 0.493 e. The molecule has 0 atom stereocenters. The molecule has 24 heavy (non-hydrogen) atoms. The molecular weight excluding hydrogens is 308 g/mol. The van der Waals surface area contributed by atoms with Gasteiger partial charge < -0.3 is 9.47 Å². The van der Waals surface area contributed by atoms with Gasteiger partial charge in [0, 0.05) is 23.3 Å². The maximum absolute atomic E-state index is 10.4. The first-order valence-corrected chi connectivity index (χ1v) is 7.43. The molecule has 0 amide bonds. The minimum atomic E-state index is 0.456. The summed E-state index contributed by atoms with van der Waals surface area (Å²) in [5, 5.41) is 0. The molecule has 0 aliphatic heterocycles. The Labute approximate surface area is 139 Å². The summed E-state index contributed by atoms with van der Waals surface area (Å²) in [6.07, 6.45) is 3.02. The molecule has 2 aromatic carbocycles. The zero-order chi connectivity index (χ0) is 17.4. The van der Waals surface area contributed by atoms with Gasteiger partial charge in [-0.05, 0) is 38.1 Å². The summed E-state index contributed by atoms with van der Waals surface area (Å²) < 4.78 is 11.3. The predicted molar refractivity (Wildman–Crippen MR) is 89.8 cm³/mol. The van der Waals surface area contributed by atoms with Gasteiger partial charge in [0.1, 0.15) is 11.5 Å². The van der Waals surface area contributed by atoms with Gasteiger partial charge in [0.2, 0.25) is 12.2 Å². The first kappa shape index (κ1) is 17.2. The number of aliphatic imine (C=N–C) groups is 2. The zero-order valence-electron chi connectivity index (χ0n) is 13.4. The molecule has 122 valence electrons. The lowest BCUT2D eigenvalue weighted by Crippen LogP contribution is -1.97. The first-order chi connectivity index (χ1) is 11.7. The molecule has 0 unspecified atom stereocenters. The van der Waals surface area contributed by atoms with Crippen molar-refractivity contribution in [3.63, 3.8) is 0 Å². The van der Waals surface area contributed by atoms with E-state index >= 15 is 0 Å². The van der Waals surface area contributed by atoms with Crippen molar-refractivity contribution in [1.29, 1.82) is 0 Å². The quantitative estimate of drug-likeness (QED) is 0.568. The highest BCUT2D eigenvalue weighted by Crippen LogP contribution is 2.40. The van der Waals surface area contributed by atoms with Gasteiger partial charge in [0.25, 0.3) is 0 Å². The minimum absolute atomic E-state index is 0.456. The Bertz CT molecular complexity index is 750. The van der Waals surface area contributed by atoms with Crippen LogP contribution in [0.3, 0.4) is 0 Å². The summed E-state index contributed by atoms with van der Waals surface area (Å²) in [6.45, 7) is 4.65. The molecule has 2 aromatic rings. The molecule has 0 spiro atoms. The maximum atomic E-state index is 10.4. The molecule has 0 aliphatic carbocycles. The number of nitrogens with zero attached hydrogens (tertiary/aromatic N) is 2. The van der Waals surface area contributed by atoms with E-state index in [0.717, 1.165) is 11.1 Å². The molecule has 0 saturated carbocycles. The lowest BCUT2D eigenvalue weighted by molar-refractivity contribution is 0.336. The average molecular weight is 324 g/mol. The van der Waals surface area contributed by atoms with Crippen molar-refractivity contribution in [3.05, 3.63) is 36.4 Å². The number of rotatable bonds is 7. The molecule has 0 heterocycles. The average Bonchev–Trinajstić information content (AvgIpc) is 2.57. The summed E-state index contributed by atoms with van der Waals surface area (Å²) in [4.78, 5) is 28.1. The molecular formula is C18H16N2O4. The Morgan fingerprint density at radius 2 is 1.21 bits per heavy atom. The van der Waals surface area contributed by atoms with Crippen LogP contribution in [-0.2, 0) is 9.59 Å². The second-order valence-corrected chi connectivity index (χ2v) is 4.63. The molecule has 0 saturated heterocycles. The summed E-state index contributed by atoms with van der Waals surface area (Å²) in [5.41, 5.74) is 2.48. The number of hydrogen-bond donors (Lipinski definition) is 0. The van der Waals surface area contributed by atoms with E-state index in [0.29, 0.717) is 36.1 Å². The van der Waals surface area contributed by atoms with Crippen LogP contribution in [0.4, 0.5) is 11.4 Å². The van der Waals surface area contributed by atoms with E-state index in [1.807, 2.05) is 13.8 Å². The predicted octanol–water partition coefficient (Wildman–Crippen LogP) is 4.09. The van der Waals surface area contributed by atoms with Gasteiger partial charge in [-0.15, -0.1) is 0 Å². The third-order valence-corrected chi connectivity index (χ3v) is 3.17. The van der Waals surface area contributed by atoms with Gasteiger partial charge in [-0.25, -0.2) is 9.59 Å². The molecule has 0 N–H and O–H groups in total. The van der Waals surface area contributed by atoms with Crippen LogP contribution in [0, 0.1) is 0 Å². The van der Waals surface area contributed by atoms with Crippen LogP contribution in [0.1, 0.15) is 13.8 Å². The zero-order valence-corrected chi connectivity index (χ0v) is 13.4. The lowest BCUT2D eigenvalue weighted by atomic mass is 10.0. The van der Waals surface area contributed by atoms with Crippen molar-refractivity contribution >= 4 is 23.5 Å². The van der Waals surface area contributed by atoms with Gasteiger partial charge in [-0.3, -0.25) is 0 Å². The molecule has 6 nitrogen and oxygen atoms in total. The Morgan fingerprint density at radius 1 is 0.792 bits per heavy atom. The van der Waals surface area contributed by atoms with Crippen molar-refractivity contribution < 1.29 is 19.1 Å². The molecule has 2 rings (SSSR count). The number of carbonyl (C=O) groups excluding carboxylic acids is 2. The van der Waals surface area contributed by atoms with Crippen LogP contribution in [-0.4, -0.2) is 25.4 Å². The molecule has 0 radical (unpaired) electrons. The molecule has 0 aliphatic rings. The number of ether oxygens (including phenoxy) is 2. The monoisotopic (exact) mass is 324 g/mol. The van der Waals surface area contributed by atoms with Crippen LogP contribution < -0.4 is 9.47 Å². The first-order valence-electron chi connectivity index (χ1n) is 7.43. The minimum Gasteiger partial charge on any atom is -0.493 e. The fourth-order valence-electron chi connectivity index (χ4n) is 2.26. The van der Waals surface area contributed by atoms with E-state index in [2.05, 4.69) is 9.98 Å².